The highest BCUT2D eigenvalue weighted by Gasteiger charge is 2.15. The molecule has 0 aliphatic rings. The Kier molecular flexibility index (Phi) is 10.7. The van der Waals surface area contributed by atoms with Gasteiger partial charge in [-0.3, -0.25) is 14.4 Å². The molecule has 0 aliphatic carbocycles. The molecule has 0 aromatic heterocycles. The molecular weight excluding hydrogens is 615 g/mol. The SMILES string of the molecule is COc1ccc(CNC(=O)C(=O)N/N=C\c2cc(I)c(OCC(=O)Nc3ccc(C)c(C)c3)c(OC)c2)cc1. The number of halogens is 1. The number of carbonyl (C=O) groups excluding carboxylic acids is 3. The number of hydrogen-bond acceptors (Lipinski definition) is 7. The van der Waals surface area contributed by atoms with Gasteiger partial charge in [0.25, 0.3) is 5.91 Å². The van der Waals surface area contributed by atoms with Crippen molar-refractivity contribution in [3.05, 3.63) is 80.4 Å². The van der Waals surface area contributed by atoms with Crippen LogP contribution in [0.2, 0.25) is 0 Å². The molecule has 3 N–H and O–H groups in total. The number of amides is 3. The van der Waals surface area contributed by atoms with Crippen molar-refractivity contribution in [3.63, 3.8) is 0 Å². The summed E-state index contributed by atoms with van der Waals surface area (Å²) in [5.41, 5.74) is 6.50. The van der Waals surface area contributed by atoms with Gasteiger partial charge in [-0.2, -0.15) is 5.10 Å². The average Bonchev–Trinajstić information content (AvgIpc) is 2.93. The van der Waals surface area contributed by atoms with Crippen LogP contribution in [0.1, 0.15) is 22.3 Å². The van der Waals surface area contributed by atoms with Crippen molar-refractivity contribution in [3.8, 4) is 17.2 Å². The van der Waals surface area contributed by atoms with Gasteiger partial charge in [-0.25, -0.2) is 5.43 Å². The van der Waals surface area contributed by atoms with Gasteiger partial charge in [0.15, 0.2) is 18.1 Å². The molecule has 0 spiro atoms. The van der Waals surface area contributed by atoms with Crippen molar-refractivity contribution in [1.29, 1.82) is 0 Å². The van der Waals surface area contributed by atoms with Gasteiger partial charge in [-0.15, -0.1) is 0 Å². The second-order valence-electron chi connectivity index (χ2n) is 8.40. The van der Waals surface area contributed by atoms with Gasteiger partial charge in [0, 0.05) is 12.2 Å². The number of carbonyl (C=O) groups is 3. The molecule has 0 atom stereocenters. The Labute approximate surface area is 240 Å². The Morgan fingerprint density at radius 3 is 2.33 bits per heavy atom. The molecule has 10 nitrogen and oxygen atoms in total. The molecule has 3 aromatic carbocycles. The molecule has 3 amide bonds. The maximum Gasteiger partial charge on any atom is 0.329 e. The fourth-order valence-corrected chi connectivity index (χ4v) is 4.11. The van der Waals surface area contributed by atoms with Crippen molar-refractivity contribution in [1.82, 2.24) is 10.7 Å². The number of aryl methyl sites for hydroxylation is 2. The van der Waals surface area contributed by atoms with E-state index in [1.807, 2.05) is 32.0 Å². The van der Waals surface area contributed by atoms with E-state index in [2.05, 4.69) is 43.8 Å². The van der Waals surface area contributed by atoms with Crippen LogP contribution in [-0.4, -0.2) is 44.8 Å². The molecule has 3 rings (SSSR count). The van der Waals surface area contributed by atoms with Crippen molar-refractivity contribution in [2.45, 2.75) is 20.4 Å². The van der Waals surface area contributed by atoms with Gasteiger partial charge >= 0.3 is 11.8 Å². The number of rotatable bonds is 10. The van der Waals surface area contributed by atoms with Crippen LogP contribution in [0.15, 0.2) is 59.7 Å². The van der Waals surface area contributed by atoms with Crippen molar-refractivity contribution >= 4 is 52.2 Å². The highest BCUT2D eigenvalue weighted by Crippen LogP contribution is 2.33. The van der Waals surface area contributed by atoms with E-state index in [1.54, 1.807) is 43.5 Å². The average molecular weight is 644 g/mol. The van der Waals surface area contributed by atoms with Crippen LogP contribution in [-0.2, 0) is 20.9 Å². The molecule has 0 unspecified atom stereocenters. The van der Waals surface area contributed by atoms with E-state index in [9.17, 15) is 14.4 Å². The zero-order valence-corrected chi connectivity index (χ0v) is 24.1. The third-order valence-electron chi connectivity index (χ3n) is 5.59. The first-order valence-corrected chi connectivity index (χ1v) is 12.9. The largest absolute Gasteiger partial charge is 0.497 e. The fraction of sp³-hybridized carbons (Fsp3) is 0.214. The monoisotopic (exact) mass is 644 g/mol. The number of benzene rings is 3. The van der Waals surface area contributed by atoms with E-state index in [1.165, 1.54) is 13.3 Å². The molecule has 3 aromatic rings. The summed E-state index contributed by atoms with van der Waals surface area (Å²) in [6.45, 7) is 3.94. The molecule has 0 aliphatic heterocycles. The van der Waals surface area contributed by atoms with Crippen molar-refractivity contribution in [2.75, 3.05) is 26.1 Å². The number of anilines is 1. The predicted molar refractivity (Wildman–Crippen MR) is 156 cm³/mol. The quantitative estimate of drug-likeness (QED) is 0.134. The zero-order chi connectivity index (χ0) is 28.4. The first-order valence-electron chi connectivity index (χ1n) is 11.8. The highest BCUT2D eigenvalue weighted by molar-refractivity contribution is 14.1. The van der Waals surface area contributed by atoms with E-state index >= 15 is 0 Å². The minimum atomic E-state index is -0.906. The molecule has 0 fully saturated rings. The lowest BCUT2D eigenvalue weighted by molar-refractivity contribution is -0.139. The summed E-state index contributed by atoms with van der Waals surface area (Å²) in [4.78, 5) is 36.5. The van der Waals surface area contributed by atoms with E-state index in [0.717, 1.165) is 16.7 Å². The topological polar surface area (TPSA) is 127 Å². The predicted octanol–water partition coefficient (Wildman–Crippen LogP) is 3.71. The second kappa shape index (κ2) is 14.1. The molecule has 0 radical (unpaired) electrons. The lowest BCUT2D eigenvalue weighted by Crippen LogP contribution is -2.37. The van der Waals surface area contributed by atoms with Gasteiger partial charge in [0.2, 0.25) is 0 Å². The lowest BCUT2D eigenvalue weighted by atomic mass is 10.1. The summed E-state index contributed by atoms with van der Waals surface area (Å²) in [7, 11) is 3.04. The summed E-state index contributed by atoms with van der Waals surface area (Å²) in [6.07, 6.45) is 1.37. The molecule has 0 saturated heterocycles. The van der Waals surface area contributed by atoms with Gasteiger partial charge in [-0.1, -0.05) is 18.2 Å². The van der Waals surface area contributed by atoms with Crippen LogP contribution >= 0.6 is 22.6 Å². The number of nitrogens with one attached hydrogen (secondary N) is 3. The van der Waals surface area contributed by atoms with Crippen LogP contribution in [0.4, 0.5) is 5.69 Å². The molecule has 0 bridgehead atoms. The van der Waals surface area contributed by atoms with E-state index in [0.29, 0.717) is 32.1 Å². The molecule has 0 saturated carbocycles. The standard InChI is InChI=1S/C28H29IN4O6/c1-17-5-8-21(11-18(17)2)32-25(34)16-39-26-23(29)12-20(13-24(26)38-4)15-31-33-28(36)27(35)30-14-19-6-9-22(37-3)10-7-19/h5-13,15H,14,16H2,1-4H3,(H,30,35)(H,32,34)(H,33,36)/b31-15-. The summed E-state index contributed by atoms with van der Waals surface area (Å²) in [5.74, 6) is -0.566. The Morgan fingerprint density at radius 2 is 1.67 bits per heavy atom. The minimum Gasteiger partial charge on any atom is -0.497 e. The van der Waals surface area contributed by atoms with Crippen LogP contribution in [0.25, 0.3) is 0 Å². The molecule has 204 valence electrons. The normalized spacial score (nSPS) is 10.6. The van der Waals surface area contributed by atoms with Gasteiger partial charge in [0.05, 0.1) is 24.0 Å². The Balaban J connectivity index is 1.53. The van der Waals surface area contributed by atoms with Crippen LogP contribution in [0.3, 0.4) is 0 Å². The fourth-order valence-electron chi connectivity index (χ4n) is 3.33. The summed E-state index contributed by atoms with van der Waals surface area (Å²) in [6, 6.07) is 16.1. The summed E-state index contributed by atoms with van der Waals surface area (Å²) >= 11 is 2.05. The minimum absolute atomic E-state index is 0.180. The van der Waals surface area contributed by atoms with E-state index < -0.39 is 11.8 Å². The van der Waals surface area contributed by atoms with Gasteiger partial charge in [0.1, 0.15) is 5.75 Å². The number of ether oxygens (including phenoxy) is 3. The van der Waals surface area contributed by atoms with Crippen LogP contribution in [0, 0.1) is 17.4 Å². The highest BCUT2D eigenvalue weighted by atomic mass is 127. The van der Waals surface area contributed by atoms with Crippen molar-refractivity contribution < 1.29 is 28.6 Å². The van der Waals surface area contributed by atoms with Crippen LogP contribution < -0.4 is 30.3 Å². The third kappa shape index (κ3) is 8.70. The Bertz CT molecular complexity index is 1380. The van der Waals surface area contributed by atoms with E-state index in [4.69, 9.17) is 14.2 Å². The first kappa shape index (κ1) is 29.4. The number of hydrazone groups is 1. The maximum absolute atomic E-state index is 12.4. The second-order valence-corrected chi connectivity index (χ2v) is 9.56. The number of hydrogen-bond donors (Lipinski definition) is 3. The molecule has 39 heavy (non-hydrogen) atoms. The lowest BCUT2D eigenvalue weighted by Gasteiger charge is -2.14. The van der Waals surface area contributed by atoms with Crippen molar-refractivity contribution in [2.24, 2.45) is 5.10 Å². The molecular formula is C28H29IN4O6. The molecule has 11 heteroatoms. The first-order chi connectivity index (χ1) is 18.7. The third-order valence-corrected chi connectivity index (χ3v) is 6.39. The smallest absolute Gasteiger partial charge is 0.329 e. The number of nitrogens with zero attached hydrogens (tertiary/aromatic N) is 1. The Morgan fingerprint density at radius 1 is 0.923 bits per heavy atom. The van der Waals surface area contributed by atoms with Gasteiger partial charge < -0.3 is 24.8 Å². The Hall–Kier alpha value is -4.13. The summed E-state index contributed by atoms with van der Waals surface area (Å²) < 4.78 is 16.9. The maximum atomic E-state index is 12.4. The summed E-state index contributed by atoms with van der Waals surface area (Å²) in [5, 5.41) is 9.19. The molecule has 0 heterocycles. The van der Waals surface area contributed by atoms with E-state index in [-0.39, 0.29) is 19.1 Å². The van der Waals surface area contributed by atoms with Gasteiger partial charge in [-0.05, 0) is 95.1 Å². The van der Waals surface area contributed by atoms with Crippen LogP contribution in [0.5, 0.6) is 17.2 Å². The zero-order valence-electron chi connectivity index (χ0n) is 22.0. The number of methoxy groups -OCH3 is 2.